The average Bonchev–Trinajstić information content (AvgIpc) is 3.29. The van der Waals surface area contributed by atoms with Crippen LogP contribution in [0.15, 0.2) is 48.7 Å². The summed E-state index contributed by atoms with van der Waals surface area (Å²) in [6.45, 7) is 5.35. The van der Waals surface area contributed by atoms with Gasteiger partial charge in [-0.1, -0.05) is 18.2 Å². The molecule has 1 N–H and O–H groups in total. The first-order valence-electron chi connectivity index (χ1n) is 14.3. The summed E-state index contributed by atoms with van der Waals surface area (Å²) in [5.41, 5.74) is 3.25. The van der Waals surface area contributed by atoms with Crippen LogP contribution in [0.1, 0.15) is 59.4 Å². The van der Waals surface area contributed by atoms with Crippen LogP contribution in [0.2, 0.25) is 0 Å². The Hall–Kier alpha value is -3.60. The Morgan fingerprint density at radius 2 is 1.98 bits per heavy atom. The number of piperidine rings is 1. The van der Waals surface area contributed by atoms with E-state index in [0.717, 1.165) is 67.8 Å². The third kappa shape index (κ3) is 6.66. The average molecular weight is 563 g/mol. The van der Waals surface area contributed by atoms with Gasteiger partial charge in [0.25, 0.3) is 0 Å². The SMILES string of the molecule is O=C(O)/C=C/c1cnc(CN2CCC(c3cccc(OCc4ccc(C5COC5)cc4F)n3)CC2)n1C[C@@H]1CCO1. The van der Waals surface area contributed by atoms with Crippen LogP contribution in [-0.4, -0.2) is 69.5 Å². The van der Waals surface area contributed by atoms with Gasteiger partial charge < -0.3 is 23.9 Å². The molecule has 3 aliphatic heterocycles. The summed E-state index contributed by atoms with van der Waals surface area (Å²) in [6.07, 6.45) is 7.53. The normalized spacial score (nSPS) is 20.2. The van der Waals surface area contributed by atoms with Gasteiger partial charge in [-0.05, 0) is 56.1 Å². The highest BCUT2D eigenvalue weighted by molar-refractivity contribution is 5.84. The summed E-state index contributed by atoms with van der Waals surface area (Å²) in [5, 5.41) is 9.06. The van der Waals surface area contributed by atoms with Gasteiger partial charge in [-0.15, -0.1) is 0 Å². The topological polar surface area (TPSA) is 98.9 Å². The first-order valence-corrected chi connectivity index (χ1v) is 14.3. The van der Waals surface area contributed by atoms with E-state index >= 15 is 0 Å². The van der Waals surface area contributed by atoms with Crippen molar-refractivity contribution in [2.24, 2.45) is 0 Å². The minimum absolute atomic E-state index is 0.129. The number of hydrogen-bond donors (Lipinski definition) is 1. The van der Waals surface area contributed by atoms with Crippen LogP contribution in [0.3, 0.4) is 0 Å². The molecule has 0 bridgehead atoms. The van der Waals surface area contributed by atoms with Crippen LogP contribution in [0.4, 0.5) is 4.39 Å². The molecule has 0 spiro atoms. The predicted molar refractivity (Wildman–Crippen MR) is 149 cm³/mol. The number of benzene rings is 1. The Kier molecular flexibility index (Phi) is 8.41. The van der Waals surface area contributed by atoms with Crippen LogP contribution >= 0.6 is 0 Å². The van der Waals surface area contributed by atoms with E-state index in [0.29, 0.717) is 43.7 Å². The lowest BCUT2D eigenvalue weighted by Gasteiger charge is -2.32. The molecule has 3 aromatic rings. The second-order valence-corrected chi connectivity index (χ2v) is 11.0. The van der Waals surface area contributed by atoms with Crippen molar-refractivity contribution in [1.82, 2.24) is 19.4 Å². The predicted octanol–water partition coefficient (Wildman–Crippen LogP) is 4.38. The number of aromatic nitrogens is 3. The van der Waals surface area contributed by atoms with Crippen molar-refractivity contribution in [3.05, 3.63) is 82.8 Å². The van der Waals surface area contributed by atoms with Crippen molar-refractivity contribution in [2.45, 2.75) is 56.9 Å². The molecule has 0 aliphatic carbocycles. The first-order chi connectivity index (χ1) is 20.0. The van der Waals surface area contributed by atoms with Gasteiger partial charge in [0.2, 0.25) is 5.88 Å². The fourth-order valence-corrected chi connectivity index (χ4v) is 5.53. The van der Waals surface area contributed by atoms with Gasteiger partial charge in [0, 0.05) is 41.8 Å². The van der Waals surface area contributed by atoms with Crippen molar-refractivity contribution >= 4 is 12.0 Å². The van der Waals surface area contributed by atoms with Crippen molar-refractivity contribution in [3.8, 4) is 5.88 Å². The monoisotopic (exact) mass is 562 g/mol. The Balaban J connectivity index is 1.04. The van der Waals surface area contributed by atoms with Gasteiger partial charge in [0.1, 0.15) is 18.2 Å². The molecular formula is C31H35FN4O5. The molecule has 41 heavy (non-hydrogen) atoms. The van der Waals surface area contributed by atoms with E-state index in [1.54, 1.807) is 24.4 Å². The lowest BCUT2D eigenvalue weighted by molar-refractivity contribution is -0.131. The Labute approximate surface area is 238 Å². The number of carbonyl (C=O) groups is 1. The van der Waals surface area contributed by atoms with E-state index in [1.165, 1.54) is 0 Å². The summed E-state index contributed by atoms with van der Waals surface area (Å²) in [5.74, 6) is 0.773. The van der Waals surface area contributed by atoms with Crippen molar-refractivity contribution in [2.75, 3.05) is 32.9 Å². The summed E-state index contributed by atoms with van der Waals surface area (Å²) < 4.78 is 33.4. The molecule has 0 radical (unpaired) electrons. The molecule has 6 rings (SSSR count). The van der Waals surface area contributed by atoms with Crippen molar-refractivity contribution < 1.29 is 28.5 Å². The molecule has 10 heteroatoms. The Morgan fingerprint density at radius 3 is 2.66 bits per heavy atom. The van der Waals surface area contributed by atoms with Gasteiger partial charge in [-0.3, -0.25) is 4.90 Å². The number of rotatable bonds is 11. The van der Waals surface area contributed by atoms with E-state index in [-0.39, 0.29) is 24.4 Å². The van der Waals surface area contributed by atoms with Crippen molar-refractivity contribution in [3.63, 3.8) is 0 Å². The molecule has 1 atom stereocenters. The van der Waals surface area contributed by atoms with E-state index in [9.17, 15) is 9.18 Å². The molecule has 0 amide bonds. The third-order valence-corrected chi connectivity index (χ3v) is 8.22. The zero-order valence-electron chi connectivity index (χ0n) is 23.0. The number of carboxylic acid groups (broad SMARTS) is 1. The summed E-state index contributed by atoms with van der Waals surface area (Å²) >= 11 is 0. The molecular weight excluding hydrogens is 527 g/mol. The number of halogens is 1. The highest BCUT2D eigenvalue weighted by Crippen LogP contribution is 2.30. The number of pyridine rings is 1. The van der Waals surface area contributed by atoms with Crippen LogP contribution in [0, 0.1) is 5.82 Å². The highest BCUT2D eigenvalue weighted by Gasteiger charge is 2.26. The number of imidazole rings is 1. The molecule has 2 aromatic heterocycles. The van der Waals surface area contributed by atoms with Crippen LogP contribution in [0.5, 0.6) is 5.88 Å². The quantitative estimate of drug-likeness (QED) is 0.344. The minimum atomic E-state index is -0.981. The second-order valence-electron chi connectivity index (χ2n) is 11.0. The standard InChI is InChI=1S/C31H35FN4O5/c32-27-14-22(24-18-39-19-24)4-5-23(27)20-41-30-3-1-2-28(34-30)21-8-11-35(12-9-21)17-29-33-15-25(6-7-31(37)38)36(29)16-26-10-13-40-26/h1-7,14-15,21,24,26H,8-13,16-20H2,(H,37,38)/b7-6+/t26-/m0/s1. The van der Waals surface area contributed by atoms with Gasteiger partial charge in [-0.25, -0.2) is 19.2 Å². The Morgan fingerprint density at radius 1 is 1.15 bits per heavy atom. The molecule has 3 fully saturated rings. The maximum Gasteiger partial charge on any atom is 0.328 e. The lowest BCUT2D eigenvalue weighted by atomic mass is 9.93. The smallest absolute Gasteiger partial charge is 0.328 e. The zero-order valence-corrected chi connectivity index (χ0v) is 23.0. The molecule has 0 unspecified atom stereocenters. The summed E-state index contributed by atoms with van der Waals surface area (Å²) in [7, 11) is 0. The number of likely N-dealkylation sites (tertiary alicyclic amines) is 1. The van der Waals surface area contributed by atoms with Crippen LogP contribution < -0.4 is 4.74 Å². The molecule has 3 aliphatic rings. The van der Waals surface area contributed by atoms with Gasteiger partial charge in [0.05, 0.1) is 44.3 Å². The summed E-state index contributed by atoms with van der Waals surface area (Å²) in [4.78, 5) is 22.8. The second kappa shape index (κ2) is 12.5. The maximum absolute atomic E-state index is 14.6. The first kappa shape index (κ1) is 27.6. The van der Waals surface area contributed by atoms with E-state index in [1.807, 2.05) is 24.3 Å². The van der Waals surface area contributed by atoms with E-state index in [4.69, 9.17) is 24.3 Å². The van der Waals surface area contributed by atoms with E-state index in [2.05, 4.69) is 14.5 Å². The molecule has 5 heterocycles. The van der Waals surface area contributed by atoms with Crippen LogP contribution in [0.25, 0.3) is 6.08 Å². The van der Waals surface area contributed by atoms with Crippen molar-refractivity contribution in [1.29, 1.82) is 0 Å². The molecule has 1 aromatic carbocycles. The number of ether oxygens (including phenoxy) is 3. The highest BCUT2D eigenvalue weighted by atomic mass is 19.1. The number of carboxylic acids is 1. The number of hydrogen-bond acceptors (Lipinski definition) is 7. The van der Waals surface area contributed by atoms with Gasteiger partial charge in [0.15, 0.2) is 0 Å². The third-order valence-electron chi connectivity index (χ3n) is 8.22. The van der Waals surface area contributed by atoms with Gasteiger partial charge in [-0.2, -0.15) is 0 Å². The maximum atomic E-state index is 14.6. The summed E-state index contributed by atoms with van der Waals surface area (Å²) in [6, 6.07) is 11.1. The fourth-order valence-electron chi connectivity index (χ4n) is 5.53. The molecule has 3 saturated heterocycles. The Bertz CT molecular complexity index is 1390. The molecule has 216 valence electrons. The van der Waals surface area contributed by atoms with Crippen LogP contribution in [-0.2, 0) is 34.0 Å². The number of aliphatic carboxylic acids is 1. The van der Waals surface area contributed by atoms with Gasteiger partial charge >= 0.3 is 5.97 Å². The zero-order chi connectivity index (χ0) is 28.2. The molecule has 0 saturated carbocycles. The number of nitrogens with zero attached hydrogens (tertiary/aromatic N) is 4. The molecule has 9 nitrogen and oxygen atoms in total. The van der Waals surface area contributed by atoms with E-state index < -0.39 is 5.97 Å². The minimum Gasteiger partial charge on any atom is -0.478 e. The largest absolute Gasteiger partial charge is 0.478 e. The lowest BCUT2D eigenvalue weighted by Crippen LogP contribution is -2.35. The fraction of sp³-hybridized carbons (Fsp3) is 0.452.